The van der Waals surface area contributed by atoms with Crippen molar-refractivity contribution < 1.29 is 4.74 Å². The van der Waals surface area contributed by atoms with Gasteiger partial charge in [-0.2, -0.15) is 5.10 Å². The highest BCUT2D eigenvalue weighted by Crippen LogP contribution is 2.28. The van der Waals surface area contributed by atoms with Gasteiger partial charge in [-0.3, -0.25) is 18.9 Å². The predicted octanol–water partition coefficient (Wildman–Crippen LogP) is 0.133. The molecule has 1 N–H and O–H groups in total. The fourth-order valence-electron chi connectivity index (χ4n) is 2.78. The lowest BCUT2D eigenvalue weighted by Gasteiger charge is -2.10. The van der Waals surface area contributed by atoms with E-state index >= 15 is 0 Å². The summed E-state index contributed by atoms with van der Waals surface area (Å²) in [4.78, 5) is 41.0. The monoisotopic (exact) mass is 365 g/mol. The first kappa shape index (κ1) is 17.4. The first-order valence-corrected chi connectivity index (χ1v) is 8.66. The van der Waals surface area contributed by atoms with Crippen molar-refractivity contribution >= 4 is 21.6 Å². The Kier molecular flexibility index (Phi) is 4.73. The van der Waals surface area contributed by atoms with Gasteiger partial charge >= 0.3 is 11.4 Å². The second-order valence-corrected chi connectivity index (χ2v) is 6.64. The van der Waals surface area contributed by atoms with Crippen LogP contribution in [-0.2, 0) is 24.4 Å². The number of aromatic amines is 1. The van der Waals surface area contributed by atoms with Crippen LogP contribution in [0, 0.1) is 6.92 Å². The Hall–Kier alpha value is -2.46. The van der Waals surface area contributed by atoms with Gasteiger partial charge < -0.3 is 4.74 Å². The van der Waals surface area contributed by atoms with Crippen LogP contribution < -0.4 is 16.9 Å². The van der Waals surface area contributed by atoms with E-state index in [2.05, 4.69) is 10.1 Å². The maximum Gasteiger partial charge on any atom is 0.343 e. The Bertz CT molecular complexity index is 1080. The summed E-state index contributed by atoms with van der Waals surface area (Å²) in [6.07, 6.45) is 1.32. The van der Waals surface area contributed by atoms with Crippen LogP contribution in [-0.4, -0.2) is 37.6 Å². The minimum absolute atomic E-state index is 0.248. The number of methoxy groups -OCH3 is 1. The fourth-order valence-corrected chi connectivity index (χ4v) is 4.08. The molecule has 3 aromatic heterocycles. The number of thiophene rings is 1. The number of nitrogens with zero attached hydrogens (tertiary/aromatic N) is 4. The van der Waals surface area contributed by atoms with E-state index in [1.807, 2.05) is 6.92 Å². The summed E-state index contributed by atoms with van der Waals surface area (Å²) >= 11 is 1.34. The molecule has 0 aliphatic heterocycles. The number of hydrogen-bond acceptors (Lipinski definition) is 6. The summed E-state index contributed by atoms with van der Waals surface area (Å²) in [6.45, 7) is 4.86. The first-order chi connectivity index (χ1) is 12.0. The molecule has 0 unspecified atom stereocenters. The van der Waals surface area contributed by atoms with Crippen LogP contribution in [0.5, 0.6) is 0 Å². The first-order valence-electron chi connectivity index (χ1n) is 7.84. The topological polar surface area (TPSA) is 104 Å². The van der Waals surface area contributed by atoms with E-state index in [1.165, 1.54) is 26.9 Å². The number of nitrogens with one attached hydrogen (secondary N) is 1. The molecule has 0 bridgehead atoms. The second-order valence-electron chi connectivity index (χ2n) is 5.56. The summed E-state index contributed by atoms with van der Waals surface area (Å²) in [7, 11) is 1.56. The lowest BCUT2D eigenvalue weighted by molar-refractivity contribution is 0.186. The number of hydrogen-bond donors (Lipinski definition) is 1. The van der Waals surface area contributed by atoms with Crippen molar-refractivity contribution in [3.8, 4) is 0 Å². The molecule has 134 valence electrons. The van der Waals surface area contributed by atoms with Crippen molar-refractivity contribution in [2.75, 3.05) is 13.7 Å². The van der Waals surface area contributed by atoms with Crippen LogP contribution in [0.25, 0.3) is 10.2 Å². The molecule has 0 amide bonds. The van der Waals surface area contributed by atoms with Crippen LogP contribution in [0.15, 0.2) is 20.7 Å². The minimum Gasteiger partial charge on any atom is -0.383 e. The van der Waals surface area contributed by atoms with Gasteiger partial charge in [-0.1, -0.05) is 0 Å². The Balaban J connectivity index is 2.26. The van der Waals surface area contributed by atoms with E-state index in [-0.39, 0.29) is 23.5 Å². The molecule has 0 fully saturated rings. The molecule has 0 saturated heterocycles. The highest BCUT2D eigenvalue weighted by molar-refractivity contribution is 7.18. The van der Waals surface area contributed by atoms with Gasteiger partial charge in [-0.05, 0) is 19.4 Å². The molecular weight excluding hydrogens is 346 g/mol. The molecule has 0 atom stereocenters. The Morgan fingerprint density at radius 2 is 2.04 bits per heavy atom. The van der Waals surface area contributed by atoms with Gasteiger partial charge in [0.25, 0.3) is 5.56 Å². The molecule has 3 rings (SSSR count). The minimum atomic E-state index is -0.346. The number of H-pyrrole nitrogens is 1. The summed E-state index contributed by atoms with van der Waals surface area (Å²) in [5.74, 6) is 0. The number of fused-ring (bicyclic) bond motifs is 1. The molecule has 9 nitrogen and oxygen atoms in total. The third kappa shape index (κ3) is 2.87. The summed E-state index contributed by atoms with van der Waals surface area (Å²) in [5.41, 5.74) is -0.194. The number of ether oxygens (including phenoxy) is 1. The highest BCUT2D eigenvalue weighted by Gasteiger charge is 2.20. The van der Waals surface area contributed by atoms with Crippen LogP contribution >= 0.6 is 11.3 Å². The summed E-state index contributed by atoms with van der Waals surface area (Å²) in [6, 6.07) is 0. The van der Waals surface area contributed by atoms with E-state index in [4.69, 9.17) is 4.74 Å². The average molecular weight is 365 g/mol. The SMILES string of the molecule is CCn1c(=O)c2c(C)c(Cn3nc[nH]c3=O)sc2n(CCOC)c1=O. The molecule has 0 spiro atoms. The molecule has 0 aliphatic rings. The number of aromatic nitrogens is 5. The van der Waals surface area contributed by atoms with Gasteiger partial charge in [0.1, 0.15) is 11.2 Å². The summed E-state index contributed by atoms with van der Waals surface area (Å²) in [5, 5.41) is 4.47. The lowest BCUT2D eigenvalue weighted by atomic mass is 10.2. The van der Waals surface area contributed by atoms with Crippen molar-refractivity contribution in [3.63, 3.8) is 0 Å². The van der Waals surface area contributed by atoms with Crippen molar-refractivity contribution in [3.05, 3.63) is 48.1 Å². The molecule has 3 heterocycles. The molecule has 3 aromatic rings. The molecule has 0 aromatic carbocycles. The van der Waals surface area contributed by atoms with E-state index in [0.29, 0.717) is 29.9 Å². The van der Waals surface area contributed by atoms with E-state index in [9.17, 15) is 14.4 Å². The van der Waals surface area contributed by atoms with E-state index in [1.54, 1.807) is 18.6 Å². The van der Waals surface area contributed by atoms with Gasteiger partial charge in [0.2, 0.25) is 0 Å². The van der Waals surface area contributed by atoms with Crippen LogP contribution in [0.2, 0.25) is 0 Å². The highest BCUT2D eigenvalue weighted by atomic mass is 32.1. The molecule has 10 heteroatoms. The smallest absolute Gasteiger partial charge is 0.343 e. The maximum absolute atomic E-state index is 12.7. The number of rotatable bonds is 6. The van der Waals surface area contributed by atoms with E-state index in [0.717, 1.165) is 10.4 Å². The zero-order valence-electron chi connectivity index (χ0n) is 14.2. The molecule has 0 aliphatic carbocycles. The van der Waals surface area contributed by atoms with Crippen LogP contribution in [0.3, 0.4) is 0 Å². The third-order valence-electron chi connectivity index (χ3n) is 4.14. The van der Waals surface area contributed by atoms with Crippen molar-refractivity contribution in [1.29, 1.82) is 0 Å². The average Bonchev–Trinajstić information content (AvgIpc) is 3.12. The van der Waals surface area contributed by atoms with E-state index < -0.39 is 0 Å². The maximum atomic E-state index is 12.7. The molecular formula is C15H19N5O4S. The zero-order chi connectivity index (χ0) is 18.1. The molecule has 0 saturated carbocycles. The van der Waals surface area contributed by atoms with Crippen LogP contribution in [0.1, 0.15) is 17.4 Å². The molecule has 25 heavy (non-hydrogen) atoms. The van der Waals surface area contributed by atoms with Crippen molar-refractivity contribution in [2.24, 2.45) is 0 Å². The van der Waals surface area contributed by atoms with Gasteiger partial charge in [0, 0.05) is 18.5 Å². The quantitative estimate of drug-likeness (QED) is 0.669. The molecule has 0 radical (unpaired) electrons. The van der Waals surface area contributed by atoms with Gasteiger partial charge in [-0.25, -0.2) is 14.3 Å². The largest absolute Gasteiger partial charge is 0.383 e. The Labute approximate surface area is 146 Å². The second kappa shape index (κ2) is 6.81. The predicted molar refractivity (Wildman–Crippen MR) is 94.6 cm³/mol. The normalized spacial score (nSPS) is 11.5. The Morgan fingerprint density at radius 3 is 2.64 bits per heavy atom. The fraction of sp³-hybridized carbons (Fsp3) is 0.467. The van der Waals surface area contributed by atoms with Crippen LogP contribution in [0.4, 0.5) is 0 Å². The third-order valence-corrected chi connectivity index (χ3v) is 5.44. The van der Waals surface area contributed by atoms with Gasteiger partial charge in [-0.15, -0.1) is 11.3 Å². The standard InChI is InChI=1S/C15H19N5O4S/c1-4-18-12(21)11-9(2)10(7-20-14(22)16-8-17-20)25-13(11)19(15(18)23)5-6-24-3/h8H,4-7H2,1-3H3,(H,16,17,22). The number of aryl methyl sites for hydroxylation is 1. The van der Waals surface area contributed by atoms with Gasteiger partial charge in [0.05, 0.1) is 25.1 Å². The Morgan fingerprint density at radius 1 is 1.28 bits per heavy atom. The van der Waals surface area contributed by atoms with Crippen molar-refractivity contribution in [1.82, 2.24) is 23.9 Å². The van der Waals surface area contributed by atoms with Gasteiger partial charge in [0.15, 0.2) is 0 Å². The lowest BCUT2D eigenvalue weighted by Crippen LogP contribution is -2.39. The summed E-state index contributed by atoms with van der Waals surface area (Å²) < 4.78 is 9.17. The van der Waals surface area contributed by atoms with Crippen molar-refractivity contribution in [2.45, 2.75) is 33.5 Å². The zero-order valence-corrected chi connectivity index (χ0v) is 15.1.